The molecule has 2 aliphatic carbocycles. The molecule has 17 heavy (non-hydrogen) atoms. The second kappa shape index (κ2) is 3.42. The Balaban J connectivity index is 1.75. The standard InChI is InChI=1S/C13H17N3O/c17-13-10-5-14-6-11(10)15-12(16-13)9-4-7-1-2-8(9)3-7/h7-9,14H,1-6H2,(H,15,16,17). The van der Waals surface area contributed by atoms with Gasteiger partial charge in [0.05, 0.1) is 11.3 Å². The molecule has 2 N–H and O–H groups in total. The van der Waals surface area contributed by atoms with E-state index in [1.54, 1.807) is 0 Å². The van der Waals surface area contributed by atoms with Gasteiger partial charge in [-0.15, -0.1) is 0 Å². The second-order valence-corrected chi connectivity index (χ2v) is 5.76. The van der Waals surface area contributed by atoms with Crippen LogP contribution in [0.25, 0.3) is 0 Å². The quantitative estimate of drug-likeness (QED) is 0.765. The van der Waals surface area contributed by atoms with Gasteiger partial charge < -0.3 is 10.3 Å². The molecule has 0 radical (unpaired) electrons. The predicted molar refractivity (Wildman–Crippen MR) is 63.6 cm³/mol. The molecule has 1 aromatic heterocycles. The molecule has 3 aliphatic rings. The van der Waals surface area contributed by atoms with Crippen LogP contribution in [0, 0.1) is 11.8 Å². The van der Waals surface area contributed by atoms with Crippen molar-refractivity contribution < 1.29 is 0 Å². The number of aromatic amines is 1. The maximum atomic E-state index is 12.0. The van der Waals surface area contributed by atoms with E-state index in [4.69, 9.17) is 4.98 Å². The molecule has 2 fully saturated rings. The summed E-state index contributed by atoms with van der Waals surface area (Å²) in [6, 6.07) is 0. The smallest absolute Gasteiger partial charge is 0.255 e. The van der Waals surface area contributed by atoms with Crippen molar-refractivity contribution in [1.29, 1.82) is 0 Å². The van der Waals surface area contributed by atoms with E-state index >= 15 is 0 Å². The Morgan fingerprint density at radius 1 is 1.18 bits per heavy atom. The van der Waals surface area contributed by atoms with Crippen LogP contribution in [0.15, 0.2) is 4.79 Å². The topological polar surface area (TPSA) is 57.8 Å². The van der Waals surface area contributed by atoms with Crippen molar-refractivity contribution in [2.45, 2.75) is 44.7 Å². The third-order valence-corrected chi connectivity index (χ3v) is 4.80. The summed E-state index contributed by atoms with van der Waals surface area (Å²) in [7, 11) is 0. The van der Waals surface area contributed by atoms with E-state index < -0.39 is 0 Å². The molecule has 1 aliphatic heterocycles. The van der Waals surface area contributed by atoms with Crippen LogP contribution in [-0.2, 0) is 13.1 Å². The third kappa shape index (κ3) is 1.40. The van der Waals surface area contributed by atoms with E-state index in [2.05, 4.69) is 10.3 Å². The summed E-state index contributed by atoms with van der Waals surface area (Å²) in [6.45, 7) is 1.43. The minimum Gasteiger partial charge on any atom is -0.310 e. The molecule has 0 aromatic carbocycles. The monoisotopic (exact) mass is 231 g/mol. The molecule has 0 spiro atoms. The molecule has 0 saturated heterocycles. The fraction of sp³-hybridized carbons (Fsp3) is 0.692. The summed E-state index contributed by atoms with van der Waals surface area (Å²) in [6.07, 6.45) is 5.30. The number of rotatable bonds is 1. The number of H-pyrrole nitrogens is 1. The van der Waals surface area contributed by atoms with Crippen molar-refractivity contribution in [3.05, 3.63) is 27.4 Å². The van der Waals surface area contributed by atoms with Crippen LogP contribution in [-0.4, -0.2) is 9.97 Å². The van der Waals surface area contributed by atoms with Gasteiger partial charge in [0.2, 0.25) is 0 Å². The summed E-state index contributed by atoms with van der Waals surface area (Å²) < 4.78 is 0. The molecule has 4 nitrogen and oxygen atoms in total. The number of aromatic nitrogens is 2. The molecule has 2 bridgehead atoms. The second-order valence-electron chi connectivity index (χ2n) is 5.76. The van der Waals surface area contributed by atoms with Crippen LogP contribution in [0.5, 0.6) is 0 Å². The maximum Gasteiger partial charge on any atom is 0.255 e. The molecule has 90 valence electrons. The average Bonchev–Trinajstić information content (AvgIpc) is 3.04. The Labute approximate surface area is 99.8 Å². The first-order valence-electron chi connectivity index (χ1n) is 6.64. The van der Waals surface area contributed by atoms with Gasteiger partial charge >= 0.3 is 0 Å². The summed E-state index contributed by atoms with van der Waals surface area (Å²) in [4.78, 5) is 19.7. The van der Waals surface area contributed by atoms with Crippen LogP contribution >= 0.6 is 0 Å². The lowest BCUT2D eigenvalue weighted by molar-refractivity contribution is 0.403. The minimum atomic E-state index is 0.0813. The van der Waals surface area contributed by atoms with Gasteiger partial charge in [-0.25, -0.2) is 4.98 Å². The first-order chi connectivity index (χ1) is 8.31. The highest BCUT2D eigenvalue weighted by molar-refractivity contribution is 5.23. The minimum absolute atomic E-state index is 0.0813. The highest BCUT2D eigenvalue weighted by Gasteiger charge is 2.41. The van der Waals surface area contributed by atoms with Crippen molar-refractivity contribution in [1.82, 2.24) is 15.3 Å². The van der Waals surface area contributed by atoms with Crippen molar-refractivity contribution >= 4 is 0 Å². The van der Waals surface area contributed by atoms with Gasteiger partial charge in [0, 0.05) is 19.0 Å². The van der Waals surface area contributed by atoms with Crippen LogP contribution in [0.3, 0.4) is 0 Å². The van der Waals surface area contributed by atoms with Crippen molar-refractivity contribution in [2.24, 2.45) is 11.8 Å². The average molecular weight is 231 g/mol. The summed E-state index contributed by atoms with van der Waals surface area (Å²) >= 11 is 0. The van der Waals surface area contributed by atoms with E-state index in [1.165, 1.54) is 25.7 Å². The van der Waals surface area contributed by atoms with Gasteiger partial charge in [-0.05, 0) is 31.1 Å². The molecular weight excluding hydrogens is 214 g/mol. The zero-order valence-corrected chi connectivity index (χ0v) is 9.83. The third-order valence-electron chi connectivity index (χ3n) is 4.80. The molecule has 3 unspecified atom stereocenters. The maximum absolute atomic E-state index is 12.0. The van der Waals surface area contributed by atoms with Crippen molar-refractivity contribution in [2.75, 3.05) is 0 Å². The Hall–Kier alpha value is -1.16. The van der Waals surface area contributed by atoms with Gasteiger partial charge in [0.25, 0.3) is 5.56 Å². The SMILES string of the molecule is O=c1[nH]c(C2CC3CCC2C3)nc2c1CNC2. The van der Waals surface area contributed by atoms with E-state index in [1.807, 2.05) is 0 Å². The lowest BCUT2D eigenvalue weighted by Crippen LogP contribution is -2.21. The van der Waals surface area contributed by atoms with Crippen LogP contribution < -0.4 is 10.9 Å². The Morgan fingerprint density at radius 3 is 2.88 bits per heavy atom. The van der Waals surface area contributed by atoms with Gasteiger partial charge in [-0.3, -0.25) is 4.79 Å². The number of nitrogens with one attached hydrogen (secondary N) is 2. The predicted octanol–water partition coefficient (Wildman–Crippen LogP) is 1.28. The molecule has 0 amide bonds. The molecule has 3 atom stereocenters. The molecule has 2 saturated carbocycles. The van der Waals surface area contributed by atoms with Crippen molar-refractivity contribution in [3.63, 3.8) is 0 Å². The van der Waals surface area contributed by atoms with Crippen LogP contribution in [0.1, 0.15) is 48.7 Å². The van der Waals surface area contributed by atoms with Crippen molar-refractivity contribution in [3.8, 4) is 0 Å². The summed E-state index contributed by atoms with van der Waals surface area (Å²) in [5.74, 6) is 3.15. The normalized spacial score (nSPS) is 34.2. The first-order valence-corrected chi connectivity index (χ1v) is 6.64. The molecule has 4 heteroatoms. The Morgan fingerprint density at radius 2 is 2.12 bits per heavy atom. The van der Waals surface area contributed by atoms with E-state index in [0.29, 0.717) is 12.5 Å². The first kappa shape index (κ1) is 9.83. The van der Waals surface area contributed by atoms with Crippen LogP contribution in [0.4, 0.5) is 0 Å². The molecule has 1 aromatic rings. The number of hydrogen-bond acceptors (Lipinski definition) is 3. The Bertz CT molecular complexity index is 522. The fourth-order valence-corrected chi connectivity index (χ4v) is 3.95. The largest absolute Gasteiger partial charge is 0.310 e. The summed E-state index contributed by atoms with van der Waals surface area (Å²) in [5, 5.41) is 3.20. The number of hydrogen-bond donors (Lipinski definition) is 2. The summed E-state index contributed by atoms with van der Waals surface area (Å²) in [5.41, 5.74) is 1.90. The number of fused-ring (bicyclic) bond motifs is 3. The zero-order valence-electron chi connectivity index (χ0n) is 9.83. The number of nitrogens with zero attached hydrogens (tertiary/aromatic N) is 1. The molecular formula is C13H17N3O. The van der Waals surface area contributed by atoms with Gasteiger partial charge in [-0.1, -0.05) is 6.42 Å². The molecule has 4 rings (SSSR count). The van der Waals surface area contributed by atoms with E-state index in [0.717, 1.165) is 35.5 Å². The van der Waals surface area contributed by atoms with Gasteiger partial charge in [-0.2, -0.15) is 0 Å². The lowest BCUT2D eigenvalue weighted by atomic mass is 9.88. The van der Waals surface area contributed by atoms with E-state index in [9.17, 15) is 4.79 Å². The Kier molecular flexibility index (Phi) is 1.98. The zero-order chi connectivity index (χ0) is 11.4. The fourth-order valence-electron chi connectivity index (χ4n) is 3.95. The van der Waals surface area contributed by atoms with Gasteiger partial charge in [0.1, 0.15) is 5.82 Å². The van der Waals surface area contributed by atoms with E-state index in [-0.39, 0.29) is 5.56 Å². The lowest BCUT2D eigenvalue weighted by Gasteiger charge is -2.20. The highest BCUT2D eigenvalue weighted by atomic mass is 16.1. The van der Waals surface area contributed by atoms with Crippen LogP contribution in [0.2, 0.25) is 0 Å². The highest BCUT2D eigenvalue weighted by Crippen LogP contribution is 2.51. The van der Waals surface area contributed by atoms with Gasteiger partial charge in [0.15, 0.2) is 0 Å². The molecule has 2 heterocycles.